The van der Waals surface area contributed by atoms with Crippen molar-refractivity contribution in [2.45, 2.75) is 124 Å². The molecule has 1 saturated heterocycles. The Morgan fingerprint density at radius 2 is 1.56 bits per heavy atom. The number of hydrogen-bond acceptors (Lipinski definition) is 8. The van der Waals surface area contributed by atoms with Crippen LogP contribution in [0.2, 0.25) is 0 Å². The average Bonchev–Trinajstić information content (AvgIpc) is 3.59. The van der Waals surface area contributed by atoms with Crippen molar-refractivity contribution >= 4 is 29.4 Å². The van der Waals surface area contributed by atoms with Gasteiger partial charge >= 0.3 is 5.97 Å². The Morgan fingerprint density at radius 3 is 2.06 bits per heavy atom. The average molecular weight is 730 g/mol. The van der Waals surface area contributed by atoms with Crippen molar-refractivity contribution in [2.75, 3.05) is 34.9 Å². The smallest absolute Gasteiger partial charge is 0.307 e. The van der Waals surface area contributed by atoms with Gasteiger partial charge in [0.1, 0.15) is 5.78 Å². The Balaban J connectivity index is 2.26. The van der Waals surface area contributed by atoms with Crippen LogP contribution >= 0.6 is 0 Å². The van der Waals surface area contributed by atoms with E-state index >= 15 is 0 Å². The number of carbonyl (C=O) groups excluding carboxylic acids is 4. The second-order valence-electron chi connectivity index (χ2n) is 15.5. The lowest BCUT2D eigenvalue weighted by Crippen LogP contribution is -2.54. The van der Waals surface area contributed by atoms with Crippen molar-refractivity contribution in [3.63, 3.8) is 0 Å². The molecule has 11 heteroatoms. The number of ketones is 2. The number of carboxylic acid groups (broad SMARTS) is 1. The number of benzene rings is 1. The summed E-state index contributed by atoms with van der Waals surface area (Å²) in [5.74, 6) is -3.54. The molecule has 11 nitrogen and oxygen atoms in total. The van der Waals surface area contributed by atoms with Gasteiger partial charge in [-0.15, -0.1) is 0 Å². The van der Waals surface area contributed by atoms with E-state index in [1.165, 1.54) is 7.11 Å². The third-order valence-electron chi connectivity index (χ3n) is 11.3. The molecule has 0 aliphatic carbocycles. The van der Waals surface area contributed by atoms with Gasteiger partial charge in [0.15, 0.2) is 5.78 Å². The van der Waals surface area contributed by atoms with Crippen molar-refractivity contribution in [3.05, 3.63) is 35.9 Å². The number of aliphatic carboxylic acids is 1. The Bertz CT molecular complexity index is 1300. The van der Waals surface area contributed by atoms with Crippen LogP contribution in [0.15, 0.2) is 30.3 Å². The molecule has 1 unspecified atom stereocenters. The highest BCUT2D eigenvalue weighted by Gasteiger charge is 2.43. The van der Waals surface area contributed by atoms with Gasteiger partial charge in [-0.05, 0) is 49.6 Å². The fourth-order valence-electron chi connectivity index (χ4n) is 7.99. The second kappa shape index (κ2) is 21.5. The fourth-order valence-corrected chi connectivity index (χ4v) is 7.99. The SMILES string of the molecule is CC[C@H](C)C([C@@H](CC(=O)N1CCC[C@H]1[C@H](OC)[C@@H](C)C(=O)C[C@@H](Cc1ccccc1)C(=O)O)OC)N(C)C(=O)[C@@H](CC(=O)[C@@H](NC)C(C)C)C(C)C. The summed E-state index contributed by atoms with van der Waals surface area (Å²) in [6, 6.07) is 8.13. The lowest BCUT2D eigenvalue weighted by atomic mass is 9.84. The van der Waals surface area contributed by atoms with Gasteiger partial charge in [0, 0.05) is 52.5 Å². The molecule has 0 radical (unpaired) electrons. The molecular weight excluding hydrogens is 662 g/mol. The molecule has 1 aliphatic heterocycles. The largest absolute Gasteiger partial charge is 0.481 e. The molecule has 2 amide bonds. The number of hydrogen-bond donors (Lipinski definition) is 2. The molecule has 0 saturated carbocycles. The van der Waals surface area contributed by atoms with Gasteiger partial charge < -0.3 is 29.7 Å². The summed E-state index contributed by atoms with van der Waals surface area (Å²) in [5, 5.41) is 13.0. The highest BCUT2D eigenvalue weighted by atomic mass is 16.5. The van der Waals surface area contributed by atoms with Crippen LogP contribution in [0, 0.1) is 35.5 Å². The Hall–Kier alpha value is -3.15. The number of likely N-dealkylation sites (tertiary alicyclic amines) is 1. The minimum Gasteiger partial charge on any atom is -0.481 e. The number of nitrogens with one attached hydrogen (secondary N) is 1. The van der Waals surface area contributed by atoms with Crippen molar-refractivity contribution in [3.8, 4) is 0 Å². The van der Waals surface area contributed by atoms with E-state index in [1.54, 1.807) is 37.9 Å². The van der Waals surface area contributed by atoms with Crippen LogP contribution < -0.4 is 5.32 Å². The Kier molecular flexibility index (Phi) is 18.6. The van der Waals surface area contributed by atoms with Crippen LogP contribution in [-0.2, 0) is 39.9 Å². The summed E-state index contributed by atoms with van der Waals surface area (Å²) in [6.07, 6.45) is 1.16. The van der Waals surface area contributed by atoms with Gasteiger partial charge in [0.05, 0.1) is 42.7 Å². The van der Waals surface area contributed by atoms with Gasteiger partial charge in [0.2, 0.25) is 11.8 Å². The molecule has 52 heavy (non-hydrogen) atoms. The second-order valence-corrected chi connectivity index (χ2v) is 15.5. The standard InChI is InChI=1S/C41H67N3O8/c1-12-27(6)38(43(9)40(48)31(25(2)3)23-34(46)37(42-8)26(4)5)35(51-10)24-36(47)44-20-16-19-32(44)39(52-11)28(7)33(45)22-30(41(49)50)21-29-17-14-13-15-18-29/h13-15,17-18,25-28,30-32,35,37-39,42H,12,16,19-24H2,1-11H3,(H,49,50)/t27-,28-,30+,31-,32-,35+,37-,38?,39+/m0/s1. The number of carboxylic acids is 1. The first-order valence-corrected chi connectivity index (χ1v) is 19.1. The third kappa shape index (κ3) is 11.9. The summed E-state index contributed by atoms with van der Waals surface area (Å²) in [6.45, 7) is 14.2. The number of carbonyl (C=O) groups is 5. The zero-order valence-corrected chi connectivity index (χ0v) is 33.6. The molecule has 1 heterocycles. The fraction of sp³-hybridized carbons (Fsp3) is 0.732. The molecule has 0 bridgehead atoms. The summed E-state index contributed by atoms with van der Waals surface area (Å²) in [7, 11) is 6.61. The maximum Gasteiger partial charge on any atom is 0.307 e. The molecule has 2 N–H and O–H groups in total. The zero-order valence-electron chi connectivity index (χ0n) is 33.6. The van der Waals surface area contributed by atoms with E-state index in [-0.39, 0.29) is 78.9 Å². The van der Waals surface area contributed by atoms with Crippen molar-refractivity contribution < 1.29 is 38.6 Å². The predicted molar refractivity (Wildman–Crippen MR) is 203 cm³/mol. The molecule has 294 valence electrons. The lowest BCUT2D eigenvalue weighted by Gasteiger charge is -2.41. The van der Waals surface area contributed by atoms with Crippen LogP contribution in [0.5, 0.6) is 0 Å². The zero-order chi connectivity index (χ0) is 39.3. The van der Waals surface area contributed by atoms with E-state index in [2.05, 4.69) is 5.32 Å². The number of likely N-dealkylation sites (N-methyl/N-ethyl adjacent to an activating group) is 2. The summed E-state index contributed by atoms with van der Waals surface area (Å²) in [5.41, 5.74) is 0.851. The number of ether oxygens (including phenoxy) is 2. The molecule has 1 aromatic carbocycles. The lowest BCUT2D eigenvalue weighted by molar-refractivity contribution is -0.149. The van der Waals surface area contributed by atoms with Crippen LogP contribution in [-0.4, -0.2) is 109 Å². The van der Waals surface area contributed by atoms with Crippen LogP contribution in [0.3, 0.4) is 0 Å². The number of Topliss-reactive ketones (excluding diaryl/α,β-unsaturated/α-hetero) is 2. The first kappa shape index (κ1) is 45.0. The van der Waals surface area contributed by atoms with Crippen LogP contribution in [0.25, 0.3) is 0 Å². The first-order valence-electron chi connectivity index (χ1n) is 19.1. The van der Waals surface area contributed by atoms with Crippen molar-refractivity contribution in [2.24, 2.45) is 35.5 Å². The number of nitrogens with zero attached hydrogens (tertiary/aromatic N) is 2. The van der Waals surface area contributed by atoms with E-state index in [0.717, 1.165) is 18.4 Å². The Morgan fingerprint density at radius 1 is 0.923 bits per heavy atom. The summed E-state index contributed by atoms with van der Waals surface area (Å²) >= 11 is 0. The van der Waals surface area contributed by atoms with Gasteiger partial charge in [-0.3, -0.25) is 24.0 Å². The molecule has 2 rings (SSSR count). The molecule has 9 atom stereocenters. The molecular formula is C41H67N3O8. The normalized spacial score (nSPS) is 19.4. The number of rotatable bonds is 23. The number of amides is 2. The highest BCUT2D eigenvalue weighted by Crippen LogP contribution is 2.31. The maximum atomic E-state index is 14.2. The molecule has 1 aliphatic rings. The molecule has 0 aromatic heterocycles. The third-order valence-corrected chi connectivity index (χ3v) is 11.3. The van der Waals surface area contributed by atoms with E-state index in [9.17, 15) is 29.1 Å². The van der Waals surface area contributed by atoms with Gasteiger partial charge in [-0.1, -0.05) is 85.2 Å². The highest BCUT2D eigenvalue weighted by molar-refractivity contribution is 5.90. The van der Waals surface area contributed by atoms with Crippen LogP contribution in [0.4, 0.5) is 0 Å². The maximum absolute atomic E-state index is 14.2. The van der Waals surface area contributed by atoms with Gasteiger partial charge in [-0.2, -0.15) is 0 Å². The monoisotopic (exact) mass is 729 g/mol. The summed E-state index contributed by atoms with van der Waals surface area (Å²) in [4.78, 5) is 70.8. The predicted octanol–water partition coefficient (Wildman–Crippen LogP) is 5.28. The van der Waals surface area contributed by atoms with E-state index < -0.39 is 42.0 Å². The van der Waals surface area contributed by atoms with Crippen LogP contribution in [0.1, 0.15) is 92.6 Å². The Labute approximate surface area is 312 Å². The van der Waals surface area contributed by atoms with Crippen molar-refractivity contribution in [1.29, 1.82) is 0 Å². The van der Waals surface area contributed by atoms with Crippen molar-refractivity contribution in [1.82, 2.24) is 15.1 Å². The quantitative estimate of drug-likeness (QED) is 0.154. The summed E-state index contributed by atoms with van der Waals surface area (Å²) < 4.78 is 11.9. The first-order chi connectivity index (χ1) is 24.5. The van der Waals surface area contributed by atoms with Gasteiger partial charge in [-0.25, -0.2) is 0 Å². The molecule has 1 aromatic rings. The van der Waals surface area contributed by atoms with E-state index in [4.69, 9.17) is 9.47 Å². The minimum atomic E-state index is -1.02. The van der Waals surface area contributed by atoms with E-state index in [1.807, 2.05) is 71.9 Å². The van der Waals surface area contributed by atoms with Gasteiger partial charge in [0.25, 0.3) is 0 Å². The minimum absolute atomic E-state index is 0.00617. The molecule has 0 spiro atoms. The number of methoxy groups -OCH3 is 2. The van der Waals surface area contributed by atoms with E-state index in [0.29, 0.717) is 13.0 Å². The molecule has 1 fully saturated rings. The topological polar surface area (TPSA) is 143 Å².